The van der Waals surface area contributed by atoms with Gasteiger partial charge in [-0.3, -0.25) is 4.79 Å². The van der Waals surface area contributed by atoms with Gasteiger partial charge >= 0.3 is 5.97 Å². The van der Waals surface area contributed by atoms with Crippen molar-refractivity contribution in [1.82, 2.24) is 0 Å². The van der Waals surface area contributed by atoms with E-state index in [9.17, 15) is 4.79 Å². The molecule has 3 atom stereocenters. The van der Waals surface area contributed by atoms with E-state index in [1.54, 1.807) is 0 Å². The molecule has 0 spiro atoms. The first-order chi connectivity index (χ1) is 4.77. The van der Waals surface area contributed by atoms with Crippen LogP contribution in [0, 0.1) is 17.8 Å². The summed E-state index contributed by atoms with van der Waals surface area (Å²) in [7, 11) is 0. The summed E-state index contributed by atoms with van der Waals surface area (Å²) >= 11 is 0. The molecule has 1 unspecified atom stereocenters. The van der Waals surface area contributed by atoms with Crippen LogP contribution < -0.4 is 0 Å². The predicted molar refractivity (Wildman–Crippen MR) is 36.6 cm³/mol. The summed E-state index contributed by atoms with van der Waals surface area (Å²) in [6, 6.07) is 0. The van der Waals surface area contributed by atoms with E-state index in [-0.39, 0.29) is 5.92 Å². The molecule has 2 heteroatoms. The average molecular weight is 140 g/mol. The quantitative estimate of drug-likeness (QED) is 0.599. The molecule has 0 amide bonds. The van der Waals surface area contributed by atoms with E-state index >= 15 is 0 Å². The van der Waals surface area contributed by atoms with Gasteiger partial charge in [-0.1, -0.05) is 6.42 Å². The lowest BCUT2D eigenvalue weighted by atomic mass is 9.89. The van der Waals surface area contributed by atoms with Gasteiger partial charge in [0.15, 0.2) is 0 Å². The molecule has 0 heterocycles. The second-order valence-corrected chi connectivity index (χ2v) is 3.62. The molecule has 2 fully saturated rings. The number of hydrogen-bond donors (Lipinski definition) is 1. The number of fused-ring (bicyclic) bond motifs is 2. The number of carboxylic acid groups (broad SMARTS) is 1. The van der Waals surface area contributed by atoms with Crippen molar-refractivity contribution < 1.29 is 9.90 Å². The van der Waals surface area contributed by atoms with Crippen LogP contribution in [0.2, 0.25) is 0 Å². The molecule has 0 saturated heterocycles. The zero-order valence-corrected chi connectivity index (χ0v) is 5.92. The summed E-state index contributed by atoms with van der Waals surface area (Å²) in [6.07, 6.45) is 4.60. The highest BCUT2D eigenvalue weighted by Crippen LogP contribution is 2.48. The second-order valence-electron chi connectivity index (χ2n) is 3.62. The highest BCUT2D eigenvalue weighted by molar-refractivity contribution is 5.71. The fourth-order valence-corrected chi connectivity index (χ4v) is 2.55. The summed E-state index contributed by atoms with van der Waals surface area (Å²) in [5, 5.41) is 8.74. The van der Waals surface area contributed by atoms with Crippen LogP contribution >= 0.6 is 0 Å². The first kappa shape index (κ1) is 6.20. The van der Waals surface area contributed by atoms with Crippen molar-refractivity contribution in [2.75, 3.05) is 0 Å². The molecule has 1 N–H and O–H groups in total. The number of hydrogen-bond acceptors (Lipinski definition) is 1. The topological polar surface area (TPSA) is 37.3 Å². The van der Waals surface area contributed by atoms with Crippen molar-refractivity contribution in [2.24, 2.45) is 17.8 Å². The average Bonchev–Trinajstić information content (AvgIpc) is 2.44. The highest BCUT2D eigenvalue weighted by Gasteiger charge is 2.42. The lowest BCUT2D eigenvalue weighted by Gasteiger charge is -2.16. The van der Waals surface area contributed by atoms with E-state index in [0.29, 0.717) is 5.92 Å². The molecule has 0 aromatic carbocycles. The zero-order chi connectivity index (χ0) is 7.14. The van der Waals surface area contributed by atoms with Gasteiger partial charge in [0.25, 0.3) is 0 Å². The second kappa shape index (κ2) is 1.97. The van der Waals surface area contributed by atoms with Crippen LogP contribution in [0.3, 0.4) is 0 Å². The maximum atomic E-state index is 10.6. The Kier molecular flexibility index (Phi) is 1.22. The van der Waals surface area contributed by atoms with E-state index in [4.69, 9.17) is 5.11 Å². The zero-order valence-electron chi connectivity index (χ0n) is 5.92. The third-order valence-electron chi connectivity index (χ3n) is 3.06. The van der Waals surface area contributed by atoms with Gasteiger partial charge in [0.2, 0.25) is 0 Å². The van der Waals surface area contributed by atoms with Gasteiger partial charge in [0.1, 0.15) is 0 Å². The van der Waals surface area contributed by atoms with Crippen LogP contribution in [-0.4, -0.2) is 11.1 Å². The Morgan fingerprint density at radius 2 is 2.10 bits per heavy atom. The molecule has 0 radical (unpaired) electrons. The number of aliphatic carboxylic acids is 1. The van der Waals surface area contributed by atoms with E-state index in [1.807, 2.05) is 0 Å². The standard InChI is InChI=1S/C8H12O2/c9-8(10)7-4-5-1-2-6(7)3-5/h5-7H,1-4H2,(H,9,10)/t5-,6+,7?/m1/s1. The monoisotopic (exact) mass is 140 g/mol. The normalized spacial score (nSPS) is 44.2. The molecule has 56 valence electrons. The third kappa shape index (κ3) is 0.746. The minimum atomic E-state index is -0.563. The Morgan fingerprint density at radius 1 is 1.30 bits per heavy atom. The Morgan fingerprint density at radius 3 is 2.40 bits per heavy atom. The number of carbonyl (C=O) groups is 1. The van der Waals surface area contributed by atoms with Gasteiger partial charge < -0.3 is 5.11 Å². The summed E-state index contributed by atoms with van der Waals surface area (Å²) in [4.78, 5) is 10.6. The van der Waals surface area contributed by atoms with Crippen molar-refractivity contribution in [3.05, 3.63) is 0 Å². The van der Waals surface area contributed by atoms with Crippen molar-refractivity contribution in [1.29, 1.82) is 0 Å². The van der Waals surface area contributed by atoms with E-state index < -0.39 is 5.97 Å². The molecule has 2 aliphatic carbocycles. The summed E-state index contributed by atoms with van der Waals surface area (Å²) in [5.41, 5.74) is 0. The summed E-state index contributed by atoms with van der Waals surface area (Å²) in [5.74, 6) is 0.736. The maximum absolute atomic E-state index is 10.6. The minimum absolute atomic E-state index is 0.0127. The smallest absolute Gasteiger partial charge is 0.306 e. The first-order valence-electron chi connectivity index (χ1n) is 4.00. The van der Waals surface area contributed by atoms with E-state index in [2.05, 4.69) is 0 Å². The van der Waals surface area contributed by atoms with Gasteiger partial charge in [0, 0.05) is 0 Å². The number of carboxylic acids is 1. The van der Waals surface area contributed by atoms with Crippen molar-refractivity contribution in [2.45, 2.75) is 25.7 Å². The molecule has 2 rings (SSSR count). The summed E-state index contributed by atoms with van der Waals surface area (Å²) < 4.78 is 0. The molecule has 0 aliphatic heterocycles. The molecule has 2 aliphatic rings. The third-order valence-corrected chi connectivity index (χ3v) is 3.06. The van der Waals surface area contributed by atoms with Crippen LogP contribution in [0.15, 0.2) is 0 Å². The van der Waals surface area contributed by atoms with Crippen molar-refractivity contribution >= 4 is 5.97 Å². The fraction of sp³-hybridized carbons (Fsp3) is 0.875. The maximum Gasteiger partial charge on any atom is 0.306 e. The van der Waals surface area contributed by atoms with Gasteiger partial charge in [-0.2, -0.15) is 0 Å². The van der Waals surface area contributed by atoms with Gasteiger partial charge in [-0.15, -0.1) is 0 Å². The van der Waals surface area contributed by atoms with Gasteiger partial charge in [-0.25, -0.2) is 0 Å². The molecule has 2 bridgehead atoms. The Bertz CT molecular complexity index is 165. The predicted octanol–water partition coefficient (Wildman–Crippen LogP) is 1.51. The molecule has 0 aromatic heterocycles. The SMILES string of the molecule is O=C(O)C1C[C@@H]2CC[C@H]1C2. The van der Waals surface area contributed by atoms with Crippen LogP contribution in [0.5, 0.6) is 0 Å². The Balaban J connectivity index is 2.08. The number of rotatable bonds is 1. The van der Waals surface area contributed by atoms with Crippen molar-refractivity contribution in [3.8, 4) is 0 Å². The Hall–Kier alpha value is -0.530. The van der Waals surface area contributed by atoms with E-state index in [0.717, 1.165) is 12.3 Å². The molecule has 2 saturated carbocycles. The molecular formula is C8H12O2. The molecule has 0 aromatic rings. The fourth-order valence-electron chi connectivity index (χ4n) is 2.55. The highest BCUT2D eigenvalue weighted by atomic mass is 16.4. The van der Waals surface area contributed by atoms with Crippen molar-refractivity contribution in [3.63, 3.8) is 0 Å². The Labute approximate surface area is 60.2 Å². The lowest BCUT2D eigenvalue weighted by molar-refractivity contribution is -0.143. The lowest BCUT2D eigenvalue weighted by Crippen LogP contribution is -2.19. The largest absolute Gasteiger partial charge is 0.481 e. The molecule has 2 nitrogen and oxygen atoms in total. The minimum Gasteiger partial charge on any atom is -0.481 e. The molecule has 10 heavy (non-hydrogen) atoms. The van der Waals surface area contributed by atoms with Crippen LogP contribution in [0.25, 0.3) is 0 Å². The van der Waals surface area contributed by atoms with Crippen LogP contribution in [0.4, 0.5) is 0 Å². The summed E-state index contributed by atoms with van der Waals surface area (Å²) in [6.45, 7) is 0. The molecular weight excluding hydrogens is 128 g/mol. The van der Waals surface area contributed by atoms with E-state index in [1.165, 1.54) is 19.3 Å². The first-order valence-corrected chi connectivity index (χ1v) is 4.00. The van der Waals surface area contributed by atoms with Gasteiger partial charge in [-0.05, 0) is 31.1 Å². The van der Waals surface area contributed by atoms with Gasteiger partial charge in [0.05, 0.1) is 5.92 Å². The van der Waals surface area contributed by atoms with Crippen LogP contribution in [0.1, 0.15) is 25.7 Å². The van der Waals surface area contributed by atoms with Crippen LogP contribution in [-0.2, 0) is 4.79 Å².